The summed E-state index contributed by atoms with van der Waals surface area (Å²) in [7, 11) is 0. The Labute approximate surface area is 138 Å². The van der Waals surface area contributed by atoms with Gasteiger partial charge in [0, 0.05) is 19.1 Å². The lowest BCUT2D eigenvalue weighted by atomic mass is 10.0. The average Bonchev–Trinajstić information content (AvgIpc) is 2.93. The Morgan fingerprint density at radius 3 is 2.86 bits per heavy atom. The number of hydrogen-bond donors (Lipinski definition) is 2. The van der Waals surface area contributed by atoms with Crippen molar-refractivity contribution in [2.24, 2.45) is 0 Å². The predicted molar refractivity (Wildman–Crippen MR) is 86.6 cm³/mol. The van der Waals surface area contributed by atoms with E-state index in [1.54, 1.807) is 12.1 Å². The van der Waals surface area contributed by atoms with Crippen molar-refractivity contribution < 1.29 is 14.0 Å². The fourth-order valence-corrected chi connectivity index (χ4v) is 2.88. The second kappa shape index (κ2) is 8.33. The molecule has 0 radical (unpaired) electrons. The van der Waals surface area contributed by atoms with Gasteiger partial charge in [-0.05, 0) is 54.4 Å². The molecule has 2 N–H and O–H groups in total. The number of piperidine rings is 1. The van der Waals surface area contributed by atoms with E-state index in [9.17, 15) is 9.59 Å². The number of furan rings is 1. The molecule has 1 saturated heterocycles. The zero-order valence-corrected chi connectivity index (χ0v) is 14.3. The number of nitrogens with zero attached hydrogens (tertiary/aromatic N) is 1. The average molecular weight is 372 g/mol. The predicted octanol–water partition coefficient (Wildman–Crippen LogP) is 1.76. The zero-order chi connectivity index (χ0) is 15.9. The molecule has 0 spiro atoms. The van der Waals surface area contributed by atoms with Gasteiger partial charge in [0.15, 0.2) is 10.4 Å². The Kier molecular flexibility index (Phi) is 6.45. The first-order chi connectivity index (χ1) is 10.6. The van der Waals surface area contributed by atoms with Crippen molar-refractivity contribution in [2.45, 2.75) is 32.2 Å². The van der Waals surface area contributed by atoms with Crippen molar-refractivity contribution in [3.63, 3.8) is 0 Å². The number of halogens is 1. The van der Waals surface area contributed by atoms with E-state index in [1.807, 2.05) is 0 Å². The van der Waals surface area contributed by atoms with Crippen LogP contribution in [0.5, 0.6) is 0 Å². The molecule has 2 heterocycles. The van der Waals surface area contributed by atoms with Gasteiger partial charge in [0.2, 0.25) is 5.91 Å². The number of nitrogens with one attached hydrogen (secondary N) is 2. The van der Waals surface area contributed by atoms with E-state index in [0.29, 0.717) is 17.3 Å². The molecule has 2 amide bonds. The highest BCUT2D eigenvalue weighted by molar-refractivity contribution is 9.10. The third-order valence-corrected chi connectivity index (χ3v) is 4.29. The van der Waals surface area contributed by atoms with Gasteiger partial charge in [0.05, 0.1) is 6.54 Å². The number of rotatable bonds is 6. The molecule has 1 aromatic heterocycles. The minimum Gasteiger partial charge on any atom is -0.444 e. The van der Waals surface area contributed by atoms with E-state index in [1.165, 1.54) is 19.3 Å². The van der Waals surface area contributed by atoms with E-state index in [-0.39, 0.29) is 18.2 Å². The molecule has 0 saturated carbocycles. The molecule has 0 aliphatic carbocycles. The number of carbonyl (C=O) groups excluding carboxylic acids is 2. The summed E-state index contributed by atoms with van der Waals surface area (Å²) >= 11 is 3.13. The lowest BCUT2D eigenvalue weighted by molar-refractivity contribution is -0.120. The van der Waals surface area contributed by atoms with Crippen molar-refractivity contribution in [1.29, 1.82) is 0 Å². The van der Waals surface area contributed by atoms with Crippen LogP contribution in [0.3, 0.4) is 0 Å². The second-order valence-corrected chi connectivity index (χ2v) is 6.30. The first-order valence-electron chi connectivity index (χ1n) is 7.60. The highest BCUT2D eigenvalue weighted by Crippen LogP contribution is 2.15. The molecular formula is C15H22BrN3O3. The molecule has 2 rings (SSSR count). The molecule has 1 aromatic rings. The molecule has 1 atom stereocenters. The molecule has 1 aliphatic heterocycles. The van der Waals surface area contributed by atoms with Crippen LogP contribution in [0.2, 0.25) is 0 Å². The van der Waals surface area contributed by atoms with Gasteiger partial charge in [0.1, 0.15) is 0 Å². The SMILES string of the molecule is CC1CCCCN1CCNC(=O)CNC(=O)c1ccc(Br)o1. The molecule has 122 valence electrons. The van der Waals surface area contributed by atoms with Gasteiger partial charge in [-0.1, -0.05) is 6.42 Å². The summed E-state index contributed by atoms with van der Waals surface area (Å²) < 4.78 is 5.60. The van der Waals surface area contributed by atoms with E-state index >= 15 is 0 Å². The Morgan fingerprint density at radius 1 is 1.36 bits per heavy atom. The van der Waals surface area contributed by atoms with E-state index in [0.717, 1.165) is 13.1 Å². The molecule has 6 nitrogen and oxygen atoms in total. The van der Waals surface area contributed by atoms with E-state index in [4.69, 9.17) is 4.42 Å². The van der Waals surface area contributed by atoms with Crippen LogP contribution in [0.1, 0.15) is 36.7 Å². The van der Waals surface area contributed by atoms with Gasteiger partial charge in [0.25, 0.3) is 5.91 Å². The zero-order valence-electron chi connectivity index (χ0n) is 12.7. The summed E-state index contributed by atoms with van der Waals surface area (Å²) in [5.41, 5.74) is 0. The number of hydrogen-bond acceptors (Lipinski definition) is 4. The summed E-state index contributed by atoms with van der Waals surface area (Å²) in [5, 5.41) is 5.36. The summed E-state index contributed by atoms with van der Waals surface area (Å²) in [6.07, 6.45) is 3.74. The molecule has 7 heteroatoms. The van der Waals surface area contributed by atoms with Gasteiger partial charge in [-0.15, -0.1) is 0 Å². The fraction of sp³-hybridized carbons (Fsp3) is 0.600. The Bertz CT molecular complexity index is 518. The van der Waals surface area contributed by atoms with Crippen molar-refractivity contribution in [3.05, 3.63) is 22.6 Å². The Morgan fingerprint density at radius 2 is 2.18 bits per heavy atom. The minimum atomic E-state index is -0.398. The standard InChI is InChI=1S/C15H22BrN3O3/c1-11-4-2-3-8-19(11)9-7-17-14(20)10-18-15(21)12-5-6-13(16)22-12/h5-6,11H,2-4,7-10H2,1H3,(H,17,20)(H,18,21). The summed E-state index contributed by atoms with van der Waals surface area (Å²) in [6, 6.07) is 3.77. The number of carbonyl (C=O) groups is 2. The monoisotopic (exact) mass is 371 g/mol. The topological polar surface area (TPSA) is 74.6 Å². The molecule has 22 heavy (non-hydrogen) atoms. The number of likely N-dealkylation sites (tertiary alicyclic amines) is 1. The number of amides is 2. The van der Waals surface area contributed by atoms with Crippen molar-refractivity contribution in [2.75, 3.05) is 26.2 Å². The summed E-state index contributed by atoms with van der Waals surface area (Å²) in [4.78, 5) is 25.8. The lowest BCUT2D eigenvalue weighted by Crippen LogP contribution is -2.44. The van der Waals surface area contributed by atoms with Crippen LogP contribution in [0.25, 0.3) is 0 Å². The van der Waals surface area contributed by atoms with Gasteiger partial charge >= 0.3 is 0 Å². The van der Waals surface area contributed by atoms with Crippen LogP contribution in [0.15, 0.2) is 21.2 Å². The molecule has 0 aromatic carbocycles. The van der Waals surface area contributed by atoms with Crippen molar-refractivity contribution >= 4 is 27.7 Å². The molecular weight excluding hydrogens is 350 g/mol. The van der Waals surface area contributed by atoms with E-state index in [2.05, 4.69) is 38.4 Å². The highest BCUT2D eigenvalue weighted by Gasteiger charge is 2.17. The third-order valence-electron chi connectivity index (χ3n) is 3.87. The first kappa shape index (κ1) is 17.0. The van der Waals surface area contributed by atoms with Gasteiger partial charge in [-0.3, -0.25) is 14.5 Å². The molecule has 1 unspecified atom stereocenters. The van der Waals surface area contributed by atoms with Crippen LogP contribution in [-0.2, 0) is 4.79 Å². The largest absolute Gasteiger partial charge is 0.444 e. The summed E-state index contributed by atoms with van der Waals surface area (Å²) in [6.45, 7) is 4.73. The third kappa shape index (κ3) is 5.14. The first-order valence-corrected chi connectivity index (χ1v) is 8.40. The highest BCUT2D eigenvalue weighted by atomic mass is 79.9. The van der Waals surface area contributed by atoms with Gasteiger partial charge in [-0.2, -0.15) is 0 Å². The second-order valence-electron chi connectivity index (χ2n) is 5.52. The van der Waals surface area contributed by atoms with Crippen molar-refractivity contribution in [1.82, 2.24) is 15.5 Å². The Hall–Kier alpha value is -1.34. The maximum absolute atomic E-state index is 11.7. The fourth-order valence-electron chi connectivity index (χ4n) is 2.58. The smallest absolute Gasteiger partial charge is 0.287 e. The van der Waals surface area contributed by atoms with Crippen LogP contribution in [-0.4, -0.2) is 48.9 Å². The van der Waals surface area contributed by atoms with Crippen molar-refractivity contribution in [3.8, 4) is 0 Å². The maximum Gasteiger partial charge on any atom is 0.287 e. The molecule has 0 bridgehead atoms. The molecule has 1 fully saturated rings. The van der Waals surface area contributed by atoms with Gasteiger partial charge in [-0.25, -0.2) is 0 Å². The lowest BCUT2D eigenvalue weighted by Gasteiger charge is -2.33. The van der Waals surface area contributed by atoms with Crippen LogP contribution in [0.4, 0.5) is 0 Å². The van der Waals surface area contributed by atoms with E-state index < -0.39 is 5.91 Å². The normalized spacial score (nSPS) is 18.9. The quantitative estimate of drug-likeness (QED) is 0.798. The van der Waals surface area contributed by atoms with Crippen LogP contribution >= 0.6 is 15.9 Å². The molecule has 1 aliphatic rings. The van der Waals surface area contributed by atoms with Gasteiger partial charge < -0.3 is 15.1 Å². The minimum absolute atomic E-state index is 0.0489. The Balaban J connectivity index is 1.62. The van der Waals surface area contributed by atoms with Crippen LogP contribution < -0.4 is 10.6 Å². The summed E-state index contributed by atoms with van der Waals surface area (Å²) in [5.74, 6) is -0.407. The van der Waals surface area contributed by atoms with Crippen LogP contribution in [0, 0.1) is 0 Å². The maximum atomic E-state index is 11.7.